The molecule has 0 spiro atoms. The number of benzene rings is 1. The van der Waals surface area contributed by atoms with Crippen molar-refractivity contribution >= 4 is 23.2 Å². The summed E-state index contributed by atoms with van der Waals surface area (Å²) in [6.07, 6.45) is 3.65. The highest BCUT2D eigenvalue weighted by atomic mass is 35.5. The van der Waals surface area contributed by atoms with Crippen molar-refractivity contribution in [1.29, 1.82) is 0 Å². The van der Waals surface area contributed by atoms with Crippen LogP contribution in [0.15, 0.2) is 30.6 Å². The van der Waals surface area contributed by atoms with Gasteiger partial charge in [-0.25, -0.2) is 4.98 Å². The minimum Gasteiger partial charge on any atom is -0.336 e. The lowest BCUT2D eigenvalue weighted by molar-refractivity contribution is 0.617. The predicted molar refractivity (Wildman–Crippen MR) is 70.6 cm³/mol. The van der Waals surface area contributed by atoms with Crippen LogP contribution in [0.4, 0.5) is 0 Å². The molecule has 2 rings (SSSR count). The van der Waals surface area contributed by atoms with E-state index in [9.17, 15) is 0 Å². The highest BCUT2D eigenvalue weighted by Gasteiger charge is 2.21. The first-order valence-electron chi connectivity index (χ1n) is 5.23. The number of nitrogens with one attached hydrogen (secondary N) is 1. The Balaban J connectivity index is 2.53. The zero-order valence-corrected chi connectivity index (χ0v) is 11.1. The van der Waals surface area contributed by atoms with E-state index in [4.69, 9.17) is 23.2 Å². The predicted octanol–water partition coefficient (Wildman–Crippen LogP) is 3.04. The van der Waals surface area contributed by atoms with Gasteiger partial charge in [0, 0.05) is 35.1 Å². The molecule has 0 aliphatic rings. The second-order valence-corrected chi connectivity index (χ2v) is 4.57. The van der Waals surface area contributed by atoms with Gasteiger partial charge in [0.15, 0.2) is 0 Å². The molecule has 1 aromatic carbocycles. The van der Waals surface area contributed by atoms with Gasteiger partial charge in [0.1, 0.15) is 5.82 Å². The van der Waals surface area contributed by atoms with Gasteiger partial charge in [0.25, 0.3) is 0 Å². The molecule has 0 radical (unpaired) electrons. The summed E-state index contributed by atoms with van der Waals surface area (Å²) in [6.45, 7) is 0. The molecule has 1 aromatic heterocycles. The van der Waals surface area contributed by atoms with E-state index in [-0.39, 0.29) is 6.04 Å². The van der Waals surface area contributed by atoms with Crippen molar-refractivity contribution in [2.75, 3.05) is 7.05 Å². The topological polar surface area (TPSA) is 29.9 Å². The molecular weight excluding hydrogens is 257 g/mol. The maximum atomic E-state index is 6.21. The quantitative estimate of drug-likeness (QED) is 0.929. The van der Waals surface area contributed by atoms with Gasteiger partial charge in [0.05, 0.1) is 6.04 Å². The molecule has 5 heteroatoms. The molecule has 90 valence electrons. The molecule has 1 atom stereocenters. The van der Waals surface area contributed by atoms with Crippen molar-refractivity contribution in [3.8, 4) is 0 Å². The minimum absolute atomic E-state index is 0.115. The van der Waals surface area contributed by atoms with Crippen molar-refractivity contribution in [2.24, 2.45) is 7.05 Å². The highest BCUT2D eigenvalue weighted by Crippen LogP contribution is 2.32. The first-order chi connectivity index (χ1) is 8.15. The molecule has 2 aromatic rings. The van der Waals surface area contributed by atoms with E-state index in [0.29, 0.717) is 10.0 Å². The summed E-state index contributed by atoms with van der Waals surface area (Å²) in [6, 6.07) is 5.38. The Labute approximate surface area is 110 Å². The minimum atomic E-state index is -0.115. The number of aryl methyl sites for hydroxylation is 1. The summed E-state index contributed by atoms with van der Waals surface area (Å²) in [7, 11) is 3.80. The third kappa shape index (κ3) is 2.32. The van der Waals surface area contributed by atoms with Crippen LogP contribution in [-0.2, 0) is 7.05 Å². The molecule has 0 aliphatic heterocycles. The van der Waals surface area contributed by atoms with Crippen molar-refractivity contribution in [2.45, 2.75) is 6.04 Å². The zero-order valence-electron chi connectivity index (χ0n) is 9.61. The molecule has 1 N–H and O–H groups in total. The van der Waals surface area contributed by atoms with E-state index in [0.717, 1.165) is 11.4 Å². The molecule has 0 amide bonds. The molecule has 0 saturated carbocycles. The van der Waals surface area contributed by atoms with Gasteiger partial charge in [-0.15, -0.1) is 0 Å². The van der Waals surface area contributed by atoms with Gasteiger partial charge in [-0.1, -0.05) is 29.3 Å². The summed E-state index contributed by atoms with van der Waals surface area (Å²) >= 11 is 12.4. The second-order valence-electron chi connectivity index (χ2n) is 3.75. The summed E-state index contributed by atoms with van der Waals surface area (Å²) < 4.78 is 1.95. The molecule has 1 heterocycles. The number of nitrogens with zero attached hydrogens (tertiary/aromatic N) is 2. The Morgan fingerprint density at radius 3 is 2.41 bits per heavy atom. The SMILES string of the molecule is CNC(c1c(Cl)cccc1Cl)c1nccn1C. The van der Waals surface area contributed by atoms with Crippen LogP contribution >= 0.6 is 23.2 Å². The Bertz CT molecular complexity index is 502. The summed E-state index contributed by atoms with van der Waals surface area (Å²) in [5, 5.41) is 4.47. The molecule has 0 bridgehead atoms. The largest absolute Gasteiger partial charge is 0.336 e. The van der Waals surface area contributed by atoms with Gasteiger partial charge in [0.2, 0.25) is 0 Å². The van der Waals surface area contributed by atoms with Gasteiger partial charge in [-0.2, -0.15) is 0 Å². The fourth-order valence-electron chi connectivity index (χ4n) is 1.84. The van der Waals surface area contributed by atoms with Crippen molar-refractivity contribution < 1.29 is 0 Å². The second kappa shape index (κ2) is 5.08. The molecule has 0 saturated heterocycles. The Hall–Kier alpha value is -1.03. The normalized spacial score (nSPS) is 12.7. The molecule has 0 aliphatic carbocycles. The lowest BCUT2D eigenvalue weighted by Crippen LogP contribution is -2.22. The molecular formula is C12H13Cl2N3. The maximum Gasteiger partial charge on any atom is 0.130 e. The maximum absolute atomic E-state index is 6.21. The van der Waals surface area contributed by atoms with Crippen molar-refractivity contribution in [3.63, 3.8) is 0 Å². The number of hydrogen-bond acceptors (Lipinski definition) is 2. The van der Waals surface area contributed by atoms with E-state index < -0.39 is 0 Å². The Morgan fingerprint density at radius 1 is 1.29 bits per heavy atom. The van der Waals surface area contributed by atoms with Crippen LogP contribution in [-0.4, -0.2) is 16.6 Å². The Morgan fingerprint density at radius 2 is 1.94 bits per heavy atom. The molecule has 17 heavy (non-hydrogen) atoms. The van der Waals surface area contributed by atoms with E-state index >= 15 is 0 Å². The third-order valence-corrected chi connectivity index (χ3v) is 3.35. The lowest BCUT2D eigenvalue weighted by atomic mass is 10.1. The first-order valence-corrected chi connectivity index (χ1v) is 5.99. The van der Waals surface area contributed by atoms with Crippen LogP contribution in [0.2, 0.25) is 10.0 Å². The van der Waals surface area contributed by atoms with Gasteiger partial charge < -0.3 is 9.88 Å². The van der Waals surface area contributed by atoms with Crippen LogP contribution in [0.25, 0.3) is 0 Å². The van der Waals surface area contributed by atoms with E-state index in [1.54, 1.807) is 6.20 Å². The van der Waals surface area contributed by atoms with Gasteiger partial charge in [-0.3, -0.25) is 0 Å². The van der Waals surface area contributed by atoms with Crippen LogP contribution in [0.3, 0.4) is 0 Å². The number of rotatable bonds is 3. The number of hydrogen-bond donors (Lipinski definition) is 1. The number of imidazole rings is 1. The molecule has 1 unspecified atom stereocenters. The third-order valence-electron chi connectivity index (χ3n) is 2.69. The summed E-state index contributed by atoms with van der Waals surface area (Å²) in [5.74, 6) is 0.877. The highest BCUT2D eigenvalue weighted by molar-refractivity contribution is 6.36. The summed E-state index contributed by atoms with van der Waals surface area (Å²) in [4.78, 5) is 4.33. The lowest BCUT2D eigenvalue weighted by Gasteiger charge is -2.19. The first kappa shape index (κ1) is 12.4. The molecule has 0 fully saturated rings. The van der Waals surface area contributed by atoms with Gasteiger partial charge >= 0.3 is 0 Å². The Kier molecular flexibility index (Phi) is 3.72. The number of aromatic nitrogens is 2. The fourth-order valence-corrected chi connectivity index (χ4v) is 2.46. The van der Waals surface area contributed by atoms with E-state index in [2.05, 4.69) is 10.3 Å². The van der Waals surface area contributed by atoms with Crippen molar-refractivity contribution in [3.05, 3.63) is 52.0 Å². The monoisotopic (exact) mass is 269 g/mol. The number of halogens is 2. The smallest absolute Gasteiger partial charge is 0.130 e. The van der Waals surface area contributed by atoms with Crippen LogP contribution in [0.5, 0.6) is 0 Å². The molecule has 3 nitrogen and oxygen atoms in total. The van der Waals surface area contributed by atoms with Crippen molar-refractivity contribution in [1.82, 2.24) is 14.9 Å². The van der Waals surface area contributed by atoms with Crippen LogP contribution in [0.1, 0.15) is 17.4 Å². The van der Waals surface area contributed by atoms with Crippen LogP contribution < -0.4 is 5.32 Å². The van der Waals surface area contributed by atoms with Gasteiger partial charge in [-0.05, 0) is 19.2 Å². The van der Waals surface area contributed by atoms with Crippen LogP contribution in [0, 0.1) is 0 Å². The fraction of sp³-hybridized carbons (Fsp3) is 0.250. The summed E-state index contributed by atoms with van der Waals surface area (Å²) in [5.41, 5.74) is 0.854. The average Bonchev–Trinajstić information content (AvgIpc) is 2.70. The van der Waals surface area contributed by atoms with E-state index in [1.807, 2.05) is 43.1 Å². The van der Waals surface area contributed by atoms with E-state index in [1.165, 1.54) is 0 Å². The standard InChI is InChI=1S/C12H13Cl2N3/c1-15-11(12-16-6-7-17(12)2)10-8(13)4-3-5-9(10)14/h3-7,11,15H,1-2H3. The zero-order chi connectivity index (χ0) is 12.4. The average molecular weight is 270 g/mol.